The Bertz CT molecular complexity index is 477. The van der Waals surface area contributed by atoms with Crippen LogP contribution in [-0.2, 0) is 4.79 Å². The third kappa shape index (κ3) is 5.34. The molecule has 0 aromatic heterocycles. The SMILES string of the molecule is CCCC(C)NC(=O)C(C)Oc1cc(F)ccc1[C@H](C)N. The lowest BCUT2D eigenvalue weighted by Gasteiger charge is -2.20. The van der Waals surface area contributed by atoms with E-state index in [1.165, 1.54) is 12.1 Å². The van der Waals surface area contributed by atoms with Gasteiger partial charge in [-0.2, -0.15) is 0 Å². The van der Waals surface area contributed by atoms with Crippen LogP contribution in [0.25, 0.3) is 0 Å². The van der Waals surface area contributed by atoms with Crippen molar-refractivity contribution in [1.29, 1.82) is 0 Å². The van der Waals surface area contributed by atoms with Gasteiger partial charge in [-0.1, -0.05) is 19.4 Å². The quantitative estimate of drug-likeness (QED) is 0.813. The van der Waals surface area contributed by atoms with Crippen molar-refractivity contribution in [3.63, 3.8) is 0 Å². The molecule has 0 saturated heterocycles. The van der Waals surface area contributed by atoms with Crippen molar-refractivity contribution in [2.75, 3.05) is 0 Å². The molecule has 0 radical (unpaired) electrons. The minimum absolute atomic E-state index is 0.0916. The molecular weight excluding hydrogens is 271 g/mol. The molecular formula is C16H25FN2O2. The Morgan fingerprint density at radius 2 is 2.05 bits per heavy atom. The number of nitrogens with one attached hydrogen (secondary N) is 1. The highest BCUT2D eigenvalue weighted by Crippen LogP contribution is 2.25. The molecule has 0 aliphatic heterocycles. The number of hydrogen-bond donors (Lipinski definition) is 2. The van der Waals surface area contributed by atoms with Gasteiger partial charge in [-0.05, 0) is 33.3 Å². The largest absolute Gasteiger partial charge is 0.480 e. The van der Waals surface area contributed by atoms with Crippen LogP contribution in [0.5, 0.6) is 5.75 Å². The van der Waals surface area contributed by atoms with E-state index in [0.717, 1.165) is 12.8 Å². The number of hydrogen-bond acceptors (Lipinski definition) is 3. The monoisotopic (exact) mass is 296 g/mol. The van der Waals surface area contributed by atoms with Crippen LogP contribution in [0.15, 0.2) is 18.2 Å². The molecule has 0 spiro atoms. The Balaban J connectivity index is 2.76. The van der Waals surface area contributed by atoms with Crippen LogP contribution in [0.1, 0.15) is 52.1 Å². The molecule has 0 bridgehead atoms. The lowest BCUT2D eigenvalue weighted by Crippen LogP contribution is -2.41. The van der Waals surface area contributed by atoms with Crippen LogP contribution in [0.4, 0.5) is 4.39 Å². The highest BCUT2D eigenvalue weighted by molar-refractivity contribution is 5.81. The standard InChI is InChI=1S/C16H25FN2O2/c1-5-6-10(2)19-16(20)12(4)21-15-9-13(17)7-8-14(15)11(3)18/h7-12H,5-6,18H2,1-4H3,(H,19,20)/t10?,11-,12?/m0/s1. The van der Waals surface area contributed by atoms with Crippen molar-refractivity contribution >= 4 is 5.91 Å². The summed E-state index contributed by atoms with van der Waals surface area (Å²) in [5.41, 5.74) is 6.51. The average Bonchev–Trinajstić information content (AvgIpc) is 2.38. The summed E-state index contributed by atoms with van der Waals surface area (Å²) < 4.78 is 18.9. The van der Waals surface area contributed by atoms with Gasteiger partial charge in [0.1, 0.15) is 11.6 Å². The van der Waals surface area contributed by atoms with Crippen LogP contribution in [0, 0.1) is 5.82 Å². The van der Waals surface area contributed by atoms with Crippen molar-refractivity contribution < 1.29 is 13.9 Å². The Hall–Kier alpha value is -1.62. The fraction of sp³-hybridized carbons (Fsp3) is 0.562. The van der Waals surface area contributed by atoms with Crippen molar-refractivity contribution in [1.82, 2.24) is 5.32 Å². The first-order chi connectivity index (χ1) is 9.85. The number of ether oxygens (including phenoxy) is 1. The van der Waals surface area contributed by atoms with Gasteiger partial charge < -0.3 is 15.8 Å². The number of benzene rings is 1. The molecule has 1 aromatic rings. The maximum Gasteiger partial charge on any atom is 0.260 e. The van der Waals surface area contributed by atoms with Gasteiger partial charge in [0.05, 0.1) is 0 Å². The smallest absolute Gasteiger partial charge is 0.260 e. The summed E-state index contributed by atoms with van der Waals surface area (Å²) in [5, 5.41) is 2.88. The molecule has 21 heavy (non-hydrogen) atoms. The van der Waals surface area contributed by atoms with E-state index >= 15 is 0 Å². The first-order valence-corrected chi connectivity index (χ1v) is 7.37. The molecule has 1 rings (SSSR count). The van der Waals surface area contributed by atoms with Gasteiger partial charge in [0, 0.05) is 23.7 Å². The van der Waals surface area contributed by atoms with Crippen LogP contribution < -0.4 is 15.8 Å². The second-order valence-electron chi connectivity index (χ2n) is 5.43. The molecule has 0 saturated carbocycles. The molecule has 5 heteroatoms. The summed E-state index contributed by atoms with van der Waals surface area (Å²) in [5.74, 6) is -0.312. The van der Waals surface area contributed by atoms with Gasteiger partial charge in [0.15, 0.2) is 6.10 Å². The predicted molar refractivity (Wildman–Crippen MR) is 81.6 cm³/mol. The van der Waals surface area contributed by atoms with E-state index in [9.17, 15) is 9.18 Å². The average molecular weight is 296 g/mol. The highest BCUT2D eigenvalue weighted by atomic mass is 19.1. The van der Waals surface area contributed by atoms with Gasteiger partial charge in [-0.3, -0.25) is 4.79 Å². The van der Waals surface area contributed by atoms with E-state index in [0.29, 0.717) is 11.3 Å². The summed E-state index contributed by atoms with van der Waals surface area (Å²) >= 11 is 0. The Labute approximate surface area is 125 Å². The fourth-order valence-corrected chi connectivity index (χ4v) is 2.10. The number of halogens is 1. The van der Waals surface area contributed by atoms with Gasteiger partial charge in [0.25, 0.3) is 5.91 Å². The first kappa shape index (κ1) is 17.4. The summed E-state index contributed by atoms with van der Waals surface area (Å²) in [6.45, 7) is 7.44. The number of rotatable bonds is 7. The van der Waals surface area contributed by atoms with Gasteiger partial charge in [-0.15, -0.1) is 0 Å². The lowest BCUT2D eigenvalue weighted by atomic mass is 10.1. The molecule has 0 fully saturated rings. The zero-order chi connectivity index (χ0) is 16.0. The third-order valence-electron chi connectivity index (χ3n) is 3.25. The van der Waals surface area contributed by atoms with E-state index in [1.807, 2.05) is 6.92 Å². The Morgan fingerprint density at radius 1 is 1.38 bits per heavy atom. The molecule has 0 heterocycles. The molecule has 118 valence electrons. The normalized spacial score (nSPS) is 15.1. The maximum absolute atomic E-state index is 13.4. The van der Waals surface area contributed by atoms with Crippen molar-refractivity contribution in [2.45, 2.75) is 58.7 Å². The Kier molecular flexibility index (Phi) is 6.62. The van der Waals surface area contributed by atoms with Gasteiger partial charge >= 0.3 is 0 Å². The van der Waals surface area contributed by atoms with Crippen molar-refractivity contribution in [3.8, 4) is 5.75 Å². The minimum Gasteiger partial charge on any atom is -0.480 e. The number of nitrogens with two attached hydrogens (primary N) is 1. The van der Waals surface area contributed by atoms with Crippen LogP contribution in [0.3, 0.4) is 0 Å². The van der Waals surface area contributed by atoms with Crippen molar-refractivity contribution in [3.05, 3.63) is 29.6 Å². The Morgan fingerprint density at radius 3 is 2.62 bits per heavy atom. The molecule has 1 amide bonds. The predicted octanol–water partition coefficient (Wildman–Crippen LogP) is 2.92. The second-order valence-corrected chi connectivity index (χ2v) is 5.43. The zero-order valence-corrected chi connectivity index (χ0v) is 13.2. The first-order valence-electron chi connectivity index (χ1n) is 7.37. The van der Waals surface area contributed by atoms with E-state index in [2.05, 4.69) is 12.2 Å². The van der Waals surface area contributed by atoms with Crippen LogP contribution >= 0.6 is 0 Å². The third-order valence-corrected chi connectivity index (χ3v) is 3.25. The van der Waals surface area contributed by atoms with Crippen molar-refractivity contribution in [2.24, 2.45) is 5.73 Å². The number of carbonyl (C=O) groups is 1. The topological polar surface area (TPSA) is 64.3 Å². The number of amides is 1. The van der Waals surface area contributed by atoms with E-state index in [1.54, 1.807) is 19.9 Å². The van der Waals surface area contributed by atoms with Gasteiger partial charge in [0.2, 0.25) is 0 Å². The molecule has 0 aliphatic rings. The molecule has 4 nitrogen and oxygen atoms in total. The van der Waals surface area contributed by atoms with Gasteiger partial charge in [-0.25, -0.2) is 4.39 Å². The maximum atomic E-state index is 13.4. The van der Waals surface area contributed by atoms with E-state index in [4.69, 9.17) is 10.5 Å². The summed E-state index contributed by atoms with van der Waals surface area (Å²) in [6.07, 6.45) is 1.20. The number of carbonyl (C=O) groups excluding carboxylic acids is 1. The van der Waals surface area contributed by atoms with Crippen LogP contribution in [0.2, 0.25) is 0 Å². The fourth-order valence-electron chi connectivity index (χ4n) is 2.10. The van der Waals surface area contributed by atoms with E-state index in [-0.39, 0.29) is 18.0 Å². The molecule has 2 unspecified atom stereocenters. The minimum atomic E-state index is -0.705. The second kappa shape index (κ2) is 7.98. The molecule has 3 atom stereocenters. The molecule has 0 aliphatic carbocycles. The summed E-state index contributed by atoms with van der Waals surface area (Å²) in [4.78, 5) is 12.0. The highest BCUT2D eigenvalue weighted by Gasteiger charge is 2.19. The zero-order valence-electron chi connectivity index (χ0n) is 13.2. The lowest BCUT2D eigenvalue weighted by molar-refractivity contribution is -0.127. The summed E-state index contributed by atoms with van der Waals surface area (Å²) in [6, 6.07) is 3.97. The van der Waals surface area contributed by atoms with Crippen LogP contribution in [-0.4, -0.2) is 18.1 Å². The van der Waals surface area contributed by atoms with E-state index < -0.39 is 11.9 Å². The molecule has 1 aromatic carbocycles. The molecule has 3 N–H and O–H groups in total. The summed E-state index contributed by atoms with van der Waals surface area (Å²) in [7, 11) is 0.